The quantitative estimate of drug-likeness (QED) is 0.581. The molecule has 0 fully saturated rings. The third-order valence-electron chi connectivity index (χ3n) is 3.47. The Morgan fingerprint density at radius 2 is 1.96 bits per heavy atom. The minimum atomic E-state index is 0.541. The van der Waals surface area contributed by atoms with Crippen molar-refractivity contribution in [2.45, 2.75) is 20.3 Å². The average Bonchev–Trinajstić information content (AvgIpc) is 3.02. The SMILES string of the molecule is Cc1ccc(N/N=C/Cc2nnnn2-c2ccccc2)c(C)c1. The molecule has 0 aliphatic heterocycles. The molecule has 2 aromatic carbocycles. The van der Waals surface area contributed by atoms with Crippen molar-refractivity contribution in [3.05, 3.63) is 65.5 Å². The van der Waals surface area contributed by atoms with E-state index in [4.69, 9.17) is 0 Å². The lowest BCUT2D eigenvalue weighted by Crippen LogP contribution is -2.04. The average molecular weight is 306 g/mol. The molecular weight excluding hydrogens is 288 g/mol. The van der Waals surface area contributed by atoms with Crippen LogP contribution in [0.15, 0.2) is 53.6 Å². The van der Waals surface area contributed by atoms with Crippen molar-refractivity contribution in [3.63, 3.8) is 0 Å². The normalized spacial score (nSPS) is 11.0. The summed E-state index contributed by atoms with van der Waals surface area (Å²) in [4.78, 5) is 0. The minimum Gasteiger partial charge on any atom is -0.279 e. The molecule has 3 aromatic rings. The lowest BCUT2D eigenvalue weighted by atomic mass is 10.1. The van der Waals surface area contributed by atoms with Gasteiger partial charge in [-0.15, -0.1) is 5.10 Å². The largest absolute Gasteiger partial charge is 0.279 e. The van der Waals surface area contributed by atoms with Crippen LogP contribution < -0.4 is 5.43 Å². The summed E-state index contributed by atoms with van der Waals surface area (Å²) in [7, 11) is 0. The lowest BCUT2D eigenvalue weighted by Gasteiger charge is -2.05. The summed E-state index contributed by atoms with van der Waals surface area (Å²) >= 11 is 0. The number of nitrogens with one attached hydrogen (secondary N) is 1. The van der Waals surface area contributed by atoms with Crippen molar-refractivity contribution in [2.24, 2.45) is 5.10 Å². The molecule has 0 radical (unpaired) electrons. The van der Waals surface area contributed by atoms with Crippen LogP contribution in [0.2, 0.25) is 0 Å². The van der Waals surface area contributed by atoms with Gasteiger partial charge in [0.05, 0.1) is 11.4 Å². The summed E-state index contributed by atoms with van der Waals surface area (Å²) in [5.74, 6) is 0.738. The van der Waals surface area contributed by atoms with E-state index in [1.165, 1.54) is 5.56 Å². The smallest absolute Gasteiger partial charge is 0.162 e. The van der Waals surface area contributed by atoms with Gasteiger partial charge < -0.3 is 0 Å². The third-order valence-corrected chi connectivity index (χ3v) is 3.47. The van der Waals surface area contributed by atoms with Crippen LogP contribution in [-0.4, -0.2) is 26.4 Å². The fourth-order valence-corrected chi connectivity index (χ4v) is 2.28. The van der Waals surface area contributed by atoms with Crippen LogP contribution in [0.4, 0.5) is 5.69 Å². The zero-order valence-corrected chi connectivity index (χ0v) is 13.1. The Bertz CT molecular complexity index is 807. The van der Waals surface area contributed by atoms with Gasteiger partial charge in [0.2, 0.25) is 0 Å². The molecule has 0 unspecified atom stereocenters. The summed E-state index contributed by atoms with van der Waals surface area (Å²) in [6.07, 6.45) is 2.31. The van der Waals surface area contributed by atoms with E-state index < -0.39 is 0 Å². The van der Waals surface area contributed by atoms with Gasteiger partial charge in [0.15, 0.2) is 5.82 Å². The number of para-hydroxylation sites is 1. The number of anilines is 1. The first-order valence-corrected chi connectivity index (χ1v) is 7.41. The van der Waals surface area contributed by atoms with Crippen LogP contribution in [0.3, 0.4) is 0 Å². The molecule has 0 amide bonds. The number of nitrogens with zero attached hydrogens (tertiary/aromatic N) is 5. The Balaban J connectivity index is 1.66. The van der Waals surface area contributed by atoms with Crippen LogP contribution in [0.5, 0.6) is 0 Å². The number of aromatic nitrogens is 4. The zero-order valence-electron chi connectivity index (χ0n) is 13.1. The van der Waals surface area contributed by atoms with Crippen molar-refractivity contribution in [1.29, 1.82) is 0 Å². The molecule has 1 heterocycles. The van der Waals surface area contributed by atoms with E-state index in [0.29, 0.717) is 6.42 Å². The number of hydrazone groups is 1. The van der Waals surface area contributed by atoms with Crippen LogP contribution in [0, 0.1) is 13.8 Å². The van der Waals surface area contributed by atoms with Crippen LogP contribution >= 0.6 is 0 Å². The van der Waals surface area contributed by atoms with Gasteiger partial charge in [0.25, 0.3) is 0 Å². The molecule has 0 spiro atoms. The molecule has 3 rings (SSSR count). The van der Waals surface area contributed by atoms with Gasteiger partial charge in [-0.1, -0.05) is 35.9 Å². The highest BCUT2D eigenvalue weighted by Crippen LogP contribution is 2.15. The van der Waals surface area contributed by atoms with Gasteiger partial charge in [-0.25, -0.2) is 0 Å². The lowest BCUT2D eigenvalue weighted by molar-refractivity contribution is 0.776. The Labute approximate surface area is 134 Å². The number of rotatable bonds is 5. The van der Waals surface area contributed by atoms with E-state index in [9.17, 15) is 0 Å². The fraction of sp³-hybridized carbons (Fsp3) is 0.176. The Kier molecular flexibility index (Phi) is 4.42. The fourth-order valence-electron chi connectivity index (χ4n) is 2.28. The monoisotopic (exact) mass is 306 g/mol. The van der Waals surface area contributed by atoms with E-state index in [2.05, 4.69) is 52.0 Å². The van der Waals surface area contributed by atoms with Gasteiger partial charge in [-0.3, -0.25) is 5.43 Å². The summed E-state index contributed by atoms with van der Waals surface area (Å²) in [5, 5.41) is 16.1. The van der Waals surface area contributed by atoms with Crippen LogP contribution in [-0.2, 0) is 6.42 Å². The van der Waals surface area contributed by atoms with Crippen molar-refractivity contribution in [3.8, 4) is 5.69 Å². The molecule has 0 aliphatic carbocycles. The second-order valence-electron chi connectivity index (χ2n) is 5.29. The molecular formula is C17H18N6. The van der Waals surface area contributed by atoms with E-state index in [-0.39, 0.29) is 0 Å². The summed E-state index contributed by atoms with van der Waals surface area (Å²) in [6, 6.07) is 16.0. The zero-order chi connectivity index (χ0) is 16.1. The van der Waals surface area contributed by atoms with Gasteiger partial charge in [-0.05, 0) is 48.0 Å². The maximum Gasteiger partial charge on any atom is 0.162 e. The maximum absolute atomic E-state index is 4.26. The first kappa shape index (κ1) is 14.9. The first-order valence-electron chi connectivity index (χ1n) is 7.41. The number of benzene rings is 2. The molecule has 23 heavy (non-hydrogen) atoms. The third kappa shape index (κ3) is 3.60. The highest BCUT2D eigenvalue weighted by molar-refractivity contribution is 5.63. The number of hydrogen-bond donors (Lipinski definition) is 1. The molecule has 116 valence electrons. The number of tetrazole rings is 1. The molecule has 6 heteroatoms. The molecule has 0 saturated heterocycles. The Hall–Kier alpha value is -3.02. The minimum absolute atomic E-state index is 0.541. The summed E-state index contributed by atoms with van der Waals surface area (Å²) in [6.45, 7) is 4.13. The summed E-state index contributed by atoms with van der Waals surface area (Å²) < 4.78 is 1.71. The van der Waals surface area contributed by atoms with E-state index >= 15 is 0 Å². The van der Waals surface area contributed by atoms with Crippen LogP contribution in [0.25, 0.3) is 5.69 Å². The molecule has 0 aliphatic rings. The first-order chi connectivity index (χ1) is 11.2. The van der Waals surface area contributed by atoms with Gasteiger partial charge >= 0.3 is 0 Å². The molecule has 0 bridgehead atoms. The van der Waals surface area contributed by atoms with E-state index in [0.717, 1.165) is 22.8 Å². The van der Waals surface area contributed by atoms with Crippen molar-refractivity contribution in [2.75, 3.05) is 5.43 Å². The molecule has 1 N–H and O–H groups in total. The van der Waals surface area contributed by atoms with E-state index in [1.54, 1.807) is 10.9 Å². The predicted octanol–water partition coefficient (Wildman–Crippen LogP) is 2.92. The highest BCUT2D eigenvalue weighted by Gasteiger charge is 2.06. The summed E-state index contributed by atoms with van der Waals surface area (Å²) in [5.41, 5.74) is 7.38. The van der Waals surface area contributed by atoms with Crippen molar-refractivity contribution < 1.29 is 0 Å². The van der Waals surface area contributed by atoms with Gasteiger partial charge in [-0.2, -0.15) is 9.78 Å². The second kappa shape index (κ2) is 6.83. The second-order valence-corrected chi connectivity index (χ2v) is 5.29. The van der Waals surface area contributed by atoms with Crippen molar-refractivity contribution in [1.82, 2.24) is 20.2 Å². The molecule has 6 nitrogen and oxygen atoms in total. The van der Waals surface area contributed by atoms with Crippen LogP contribution in [0.1, 0.15) is 17.0 Å². The molecule has 1 aromatic heterocycles. The Morgan fingerprint density at radius 3 is 2.74 bits per heavy atom. The number of hydrogen-bond acceptors (Lipinski definition) is 5. The highest BCUT2D eigenvalue weighted by atomic mass is 15.5. The topological polar surface area (TPSA) is 68.0 Å². The molecule has 0 saturated carbocycles. The molecule has 0 atom stereocenters. The van der Waals surface area contributed by atoms with Gasteiger partial charge in [0, 0.05) is 12.6 Å². The number of aryl methyl sites for hydroxylation is 2. The van der Waals surface area contributed by atoms with Crippen molar-refractivity contribution >= 4 is 11.9 Å². The maximum atomic E-state index is 4.26. The van der Waals surface area contributed by atoms with Gasteiger partial charge in [0.1, 0.15) is 0 Å². The predicted molar refractivity (Wildman–Crippen MR) is 90.9 cm³/mol. The Morgan fingerprint density at radius 1 is 1.13 bits per heavy atom. The van der Waals surface area contributed by atoms with E-state index in [1.807, 2.05) is 36.4 Å². The standard InChI is InChI=1S/C17H18N6/c1-13-8-9-16(14(2)12-13)19-18-11-10-17-20-21-22-23(17)15-6-4-3-5-7-15/h3-9,11-12,19H,10H2,1-2H3/b18-11+.